The standard InChI is InChI=1S/C8H9ClN2O3/c1-14-8-5(10-4-7(12)13)2-3-6(9)11-8/h2-3,10H,4H2,1H3,(H,12,13). The van der Waals surface area contributed by atoms with Crippen molar-refractivity contribution in [2.45, 2.75) is 0 Å². The summed E-state index contributed by atoms with van der Waals surface area (Å²) in [6, 6.07) is 3.16. The van der Waals surface area contributed by atoms with Crippen molar-refractivity contribution in [1.82, 2.24) is 4.98 Å². The van der Waals surface area contributed by atoms with Crippen LogP contribution in [-0.4, -0.2) is 29.7 Å². The first-order valence-electron chi connectivity index (χ1n) is 3.79. The molecule has 6 heteroatoms. The average molecular weight is 217 g/mol. The second-order valence-electron chi connectivity index (χ2n) is 2.44. The Labute approximate surface area is 85.7 Å². The third-order valence-electron chi connectivity index (χ3n) is 1.45. The minimum absolute atomic E-state index is 0.195. The van der Waals surface area contributed by atoms with E-state index in [4.69, 9.17) is 21.4 Å². The fourth-order valence-corrected chi connectivity index (χ4v) is 1.02. The SMILES string of the molecule is COc1nc(Cl)ccc1NCC(=O)O. The third kappa shape index (κ3) is 2.77. The van der Waals surface area contributed by atoms with E-state index in [1.807, 2.05) is 0 Å². The van der Waals surface area contributed by atoms with Crippen LogP contribution >= 0.6 is 11.6 Å². The summed E-state index contributed by atoms with van der Waals surface area (Å²) in [4.78, 5) is 14.1. The van der Waals surface area contributed by atoms with Gasteiger partial charge in [0, 0.05) is 0 Å². The van der Waals surface area contributed by atoms with Gasteiger partial charge in [0.1, 0.15) is 11.7 Å². The molecular weight excluding hydrogens is 208 g/mol. The van der Waals surface area contributed by atoms with Crippen molar-refractivity contribution >= 4 is 23.3 Å². The molecule has 1 heterocycles. The number of pyridine rings is 1. The molecule has 0 amide bonds. The molecule has 0 spiro atoms. The first kappa shape index (κ1) is 10.6. The minimum Gasteiger partial charge on any atom is -0.480 e. The highest BCUT2D eigenvalue weighted by Crippen LogP contribution is 2.23. The van der Waals surface area contributed by atoms with Gasteiger partial charge in [0.25, 0.3) is 0 Å². The number of methoxy groups -OCH3 is 1. The molecule has 0 saturated carbocycles. The highest BCUT2D eigenvalue weighted by Gasteiger charge is 2.06. The zero-order valence-electron chi connectivity index (χ0n) is 7.45. The zero-order valence-corrected chi connectivity index (χ0v) is 8.21. The molecule has 0 radical (unpaired) electrons. The Balaban J connectivity index is 2.80. The van der Waals surface area contributed by atoms with Crippen molar-refractivity contribution in [2.24, 2.45) is 0 Å². The van der Waals surface area contributed by atoms with Gasteiger partial charge in [0.15, 0.2) is 0 Å². The lowest BCUT2D eigenvalue weighted by Crippen LogP contribution is -2.13. The van der Waals surface area contributed by atoms with E-state index in [-0.39, 0.29) is 12.4 Å². The summed E-state index contributed by atoms with van der Waals surface area (Å²) in [5.41, 5.74) is 0.499. The number of halogens is 1. The number of rotatable bonds is 4. The highest BCUT2D eigenvalue weighted by atomic mass is 35.5. The minimum atomic E-state index is -0.956. The lowest BCUT2D eigenvalue weighted by Gasteiger charge is -2.07. The highest BCUT2D eigenvalue weighted by molar-refractivity contribution is 6.29. The van der Waals surface area contributed by atoms with Crippen LogP contribution in [0.3, 0.4) is 0 Å². The second kappa shape index (κ2) is 4.66. The molecule has 0 aromatic carbocycles. The topological polar surface area (TPSA) is 71.5 Å². The molecule has 1 aromatic rings. The van der Waals surface area contributed by atoms with Gasteiger partial charge in [-0.2, -0.15) is 4.98 Å². The van der Waals surface area contributed by atoms with Gasteiger partial charge >= 0.3 is 5.97 Å². The van der Waals surface area contributed by atoms with Crippen LogP contribution in [0.15, 0.2) is 12.1 Å². The Morgan fingerprint density at radius 2 is 2.43 bits per heavy atom. The number of carbonyl (C=O) groups is 1. The van der Waals surface area contributed by atoms with Crippen molar-refractivity contribution in [1.29, 1.82) is 0 Å². The first-order valence-corrected chi connectivity index (χ1v) is 4.17. The molecule has 0 aliphatic heterocycles. The molecular formula is C8H9ClN2O3. The van der Waals surface area contributed by atoms with Crippen molar-refractivity contribution in [3.05, 3.63) is 17.3 Å². The van der Waals surface area contributed by atoms with Crippen molar-refractivity contribution < 1.29 is 14.6 Å². The van der Waals surface area contributed by atoms with Crippen LogP contribution in [0.5, 0.6) is 5.88 Å². The van der Waals surface area contributed by atoms with E-state index in [0.29, 0.717) is 10.8 Å². The third-order valence-corrected chi connectivity index (χ3v) is 1.66. The van der Waals surface area contributed by atoms with Gasteiger partial charge in [0.2, 0.25) is 5.88 Å². The molecule has 0 saturated heterocycles. The van der Waals surface area contributed by atoms with Crippen LogP contribution in [0.25, 0.3) is 0 Å². The van der Waals surface area contributed by atoms with Gasteiger partial charge in [-0.15, -0.1) is 0 Å². The molecule has 0 aliphatic rings. The molecule has 0 fully saturated rings. The molecule has 0 unspecified atom stereocenters. The summed E-state index contributed by atoms with van der Waals surface area (Å²) in [6.45, 7) is -0.195. The van der Waals surface area contributed by atoms with E-state index < -0.39 is 5.97 Å². The zero-order chi connectivity index (χ0) is 10.6. The molecule has 76 valence electrons. The molecule has 5 nitrogen and oxygen atoms in total. The largest absolute Gasteiger partial charge is 0.480 e. The summed E-state index contributed by atoms with van der Waals surface area (Å²) in [5.74, 6) is -0.680. The van der Waals surface area contributed by atoms with Gasteiger partial charge < -0.3 is 15.2 Å². The maximum Gasteiger partial charge on any atom is 0.322 e. The molecule has 1 rings (SSSR count). The lowest BCUT2D eigenvalue weighted by atomic mass is 10.4. The first-order chi connectivity index (χ1) is 6.63. The monoisotopic (exact) mass is 216 g/mol. The van der Waals surface area contributed by atoms with Crippen molar-refractivity contribution in [3.8, 4) is 5.88 Å². The Kier molecular flexibility index (Phi) is 3.53. The number of nitrogens with one attached hydrogen (secondary N) is 1. The van der Waals surface area contributed by atoms with Crippen molar-refractivity contribution in [3.63, 3.8) is 0 Å². The van der Waals surface area contributed by atoms with Gasteiger partial charge in [0.05, 0.1) is 12.8 Å². The number of carboxylic acids is 1. The number of aromatic nitrogens is 1. The number of ether oxygens (including phenoxy) is 1. The van der Waals surface area contributed by atoms with Crippen LogP contribution in [0, 0.1) is 0 Å². The fourth-order valence-electron chi connectivity index (χ4n) is 0.879. The summed E-state index contributed by atoms with van der Waals surface area (Å²) >= 11 is 5.62. The van der Waals surface area contributed by atoms with E-state index in [2.05, 4.69) is 10.3 Å². The number of aliphatic carboxylic acids is 1. The van der Waals surface area contributed by atoms with Crippen LogP contribution in [-0.2, 0) is 4.79 Å². The van der Waals surface area contributed by atoms with Gasteiger partial charge in [-0.25, -0.2) is 0 Å². The quantitative estimate of drug-likeness (QED) is 0.741. The Hall–Kier alpha value is -1.49. The van der Waals surface area contributed by atoms with Crippen LogP contribution in [0.4, 0.5) is 5.69 Å². The predicted octanol–water partition coefficient (Wildman–Crippen LogP) is 1.24. The molecule has 1 aromatic heterocycles. The lowest BCUT2D eigenvalue weighted by molar-refractivity contribution is -0.134. The van der Waals surface area contributed by atoms with Crippen LogP contribution in [0.1, 0.15) is 0 Å². The number of hydrogen-bond donors (Lipinski definition) is 2. The molecule has 2 N–H and O–H groups in total. The Bertz CT molecular complexity index is 343. The number of nitrogens with zero attached hydrogens (tertiary/aromatic N) is 1. The Morgan fingerprint density at radius 3 is 3.00 bits per heavy atom. The fraction of sp³-hybridized carbons (Fsp3) is 0.250. The van der Waals surface area contributed by atoms with Crippen LogP contribution in [0.2, 0.25) is 5.15 Å². The molecule has 0 aliphatic carbocycles. The maximum absolute atomic E-state index is 10.3. The predicted molar refractivity (Wildman–Crippen MR) is 51.9 cm³/mol. The molecule has 14 heavy (non-hydrogen) atoms. The number of carboxylic acid groups (broad SMARTS) is 1. The van der Waals surface area contributed by atoms with E-state index >= 15 is 0 Å². The average Bonchev–Trinajstić information content (AvgIpc) is 2.15. The van der Waals surface area contributed by atoms with Gasteiger partial charge in [-0.1, -0.05) is 11.6 Å². The Morgan fingerprint density at radius 1 is 1.71 bits per heavy atom. The van der Waals surface area contributed by atoms with Crippen molar-refractivity contribution in [2.75, 3.05) is 19.0 Å². The number of hydrogen-bond acceptors (Lipinski definition) is 4. The maximum atomic E-state index is 10.3. The summed E-state index contributed by atoms with van der Waals surface area (Å²) in [5, 5.41) is 11.4. The van der Waals surface area contributed by atoms with E-state index in [1.165, 1.54) is 7.11 Å². The summed E-state index contributed by atoms with van der Waals surface area (Å²) in [6.07, 6.45) is 0. The van der Waals surface area contributed by atoms with Gasteiger partial charge in [-0.3, -0.25) is 4.79 Å². The van der Waals surface area contributed by atoms with Crippen LogP contribution < -0.4 is 10.1 Å². The summed E-state index contributed by atoms with van der Waals surface area (Å²) in [7, 11) is 1.44. The molecule has 0 atom stereocenters. The van der Waals surface area contributed by atoms with E-state index in [1.54, 1.807) is 12.1 Å². The smallest absolute Gasteiger partial charge is 0.322 e. The molecule has 0 bridgehead atoms. The van der Waals surface area contributed by atoms with E-state index in [0.717, 1.165) is 0 Å². The number of anilines is 1. The summed E-state index contributed by atoms with van der Waals surface area (Å²) < 4.78 is 4.91. The van der Waals surface area contributed by atoms with Gasteiger partial charge in [-0.05, 0) is 12.1 Å². The second-order valence-corrected chi connectivity index (χ2v) is 2.83. The van der Waals surface area contributed by atoms with E-state index in [9.17, 15) is 4.79 Å². The normalized spacial score (nSPS) is 9.57.